The number of rotatable bonds is 5. The van der Waals surface area contributed by atoms with Gasteiger partial charge in [-0.1, -0.05) is 23.7 Å². The van der Waals surface area contributed by atoms with Crippen molar-refractivity contribution in [1.82, 2.24) is 9.97 Å². The first-order chi connectivity index (χ1) is 11.5. The van der Waals surface area contributed by atoms with E-state index >= 15 is 0 Å². The maximum Gasteiger partial charge on any atom is 0.251 e. The first-order valence-electron chi connectivity index (χ1n) is 6.82. The van der Waals surface area contributed by atoms with E-state index in [0.717, 1.165) is 11.3 Å². The van der Waals surface area contributed by atoms with Gasteiger partial charge in [0.15, 0.2) is 5.82 Å². The molecule has 8 heteroatoms. The molecule has 2 aromatic heterocycles. The zero-order valence-corrected chi connectivity index (χ0v) is 13.8. The Morgan fingerprint density at radius 3 is 2.75 bits per heavy atom. The Morgan fingerprint density at radius 1 is 1.29 bits per heavy atom. The molecule has 24 heavy (non-hydrogen) atoms. The molecule has 3 aromatic rings. The van der Waals surface area contributed by atoms with Crippen molar-refractivity contribution in [3.8, 4) is 17.1 Å². The van der Waals surface area contributed by atoms with E-state index < -0.39 is 11.7 Å². The molecule has 5 nitrogen and oxygen atoms in total. The zero-order chi connectivity index (χ0) is 17.1. The molecule has 0 aliphatic carbocycles. The van der Waals surface area contributed by atoms with Crippen LogP contribution < -0.4 is 10.5 Å². The number of hydrogen-bond donors (Lipinski definition) is 1. The van der Waals surface area contributed by atoms with Gasteiger partial charge in [0.25, 0.3) is 11.8 Å². The maximum absolute atomic E-state index is 14.0. The molecule has 1 amide bonds. The number of amides is 1. The standard InChI is InChI=1S/C16H11ClFN3O2S/c17-10-3-1-9(2-4-10)12-8-24-13(21-12)7-23-16-14(18)11(15(19)22)5-6-20-16/h1-6,8H,7H2,(H2,19,22). The third kappa shape index (κ3) is 3.52. The predicted octanol–water partition coefficient (Wildman–Crippen LogP) is 3.68. The SMILES string of the molecule is NC(=O)c1ccnc(OCc2nc(-c3ccc(Cl)cc3)cs2)c1F. The number of primary amides is 1. The van der Waals surface area contributed by atoms with Crippen molar-refractivity contribution in [3.63, 3.8) is 0 Å². The van der Waals surface area contributed by atoms with Crippen molar-refractivity contribution >= 4 is 28.8 Å². The molecule has 0 atom stereocenters. The predicted molar refractivity (Wildman–Crippen MR) is 89.6 cm³/mol. The van der Waals surface area contributed by atoms with E-state index in [2.05, 4.69) is 9.97 Å². The number of carbonyl (C=O) groups is 1. The van der Waals surface area contributed by atoms with Gasteiger partial charge in [-0.25, -0.2) is 14.4 Å². The minimum Gasteiger partial charge on any atom is -0.468 e. The molecule has 0 radical (unpaired) electrons. The van der Waals surface area contributed by atoms with Gasteiger partial charge in [0.05, 0.1) is 11.3 Å². The number of hydrogen-bond acceptors (Lipinski definition) is 5. The molecule has 0 bridgehead atoms. The van der Waals surface area contributed by atoms with Crippen LogP contribution in [0.5, 0.6) is 5.88 Å². The topological polar surface area (TPSA) is 78.1 Å². The average Bonchev–Trinajstić information content (AvgIpc) is 3.03. The Hall–Kier alpha value is -2.51. The molecule has 0 aliphatic heterocycles. The lowest BCUT2D eigenvalue weighted by atomic mass is 10.2. The highest BCUT2D eigenvalue weighted by molar-refractivity contribution is 7.09. The lowest BCUT2D eigenvalue weighted by Gasteiger charge is -2.06. The van der Waals surface area contributed by atoms with Gasteiger partial charge in [0.1, 0.15) is 11.6 Å². The van der Waals surface area contributed by atoms with Crippen molar-refractivity contribution in [2.75, 3.05) is 0 Å². The Balaban J connectivity index is 1.73. The van der Waals surface area contributed by atoms with Crippen LogP contribution in [-0.4, -0.2) is 15.9 Å². The monoisotopic (exact) mass is 363 g/mol. The van der Waals surface area contributed by atoms with Gasteiger partial charge >= 0.3 is 0 Å². The van der Waals surface area contributed by atoms with Gasteiger partial charge in [-0.2, -0.15) is 0 Å². The highest BCUT2D eigenvalue weighted by Crippen LogP contribution is 2.25. The third-order valence-corrected chi connectivity index (χ3v) is 4.22. The number of ether oxygens (including phenoxy) is 1. The van der Waals surface area contributed by atoms with Crippen molar-refractivity contribution in [2.45, 2.75) is 6.61 Å². The van der Waals surface area contributed by atoms with Gasteiger partial charge in [-0.05, 0) is 18.2 Å². The Morgan fingerprint density at radius 2 is 2.04 bits per heavy atom. The molecule has 3 rings (SSSR count). The smallest absolute Gasteiger partial charge is 0.251 e. The molecule has 2 heterocycles. The van der Waals surface area contributed by atoms with Crippen LogP contribution in [0.25, 0.3) is 11.3 Å². The summed E-state index contributed by atoms with van der Waals surface area (Å²) >= 11 is 7.23. The number of halogens is 2. The number of carbonyl (C=O) groups excluding carboxylic acids is 1. The van der Waals surface area contributed by atoms with E-state index in [1.54, 1.807) is 12.1 Å². The largest absolute Gasteiger partial charge is 0.468 e. The summed E-state index contributed by atoms with van der Waals surface area (Å²) in [4.78, 5) is 19.3. The fraction of sp³-hybridized carbons (Fsp3) is 0.0625. The lowest BCUT2D eigenvalue weighted by molar-refractivity contribution is 0.0995. The van der Waals surface area contributed by atoms with E-state index in [1.807, 2.05) is 17.5 Å². The maximum atomic E-state index is 14.0. The summed E-state index contributed by atoms with van der Waals surface area (Å²) in [5.41, 5.74) is 6.52. The van der Waals surface area contributed by atoms with Crippen molar-refractivity contribution in [3.05, 3.63) is 63.3 Å². The van der Waals surface area contributed by atoms with E-state index in [9.17, 15) is 9.18 Å². The van der Waals surface area contributed by atoms with Crippen molar-refractivity contribution < 1.29 is 13.9 Å². The van der Waals surface area contributed by atoms with Crippen LogP contribution in [0.15, 0.2) is 41.9 Å². The number of aromatic nitrogens is 2. The van der Waals surface area contributed by atoms with Crippen LogP contribution in [0.3, 0.4) is 0 Å². The summed E-state index contributed by atoms with van der Waals surface area (Å²) in [5, 5.41) is 3.16. The van der Waals surface area contributed by atoms with Crippen molar-refractivity contribution in [1.29, 1.82) is 0 Å². The summed E-state index contributed by atoms with van der Waals surface area (Å²) in [6, 6.07) is 8.48. The average molecular weight is 364 g/mol. The number of nitrogens with two attached hydrogens (primary N) is 1. The molecule has 2 N–H and O–H groups in total. The van der Waals surface area contributed by atoms with Crippen molar-refractivity contribution in [2.24, 2.45) is 5.73 Å². The summed E-state index contributed by atoms with van der Waals surface area (Å²) < 4.78 is 19.3. The molecular formula is C16H11ClFN3O2S. The van der Waals surface area contributed by atoms with Crippen LogP contribution in [0.1, 0.15) is 15.4 Å². The molecule has 1 aromatic carbocycles. The summed E-state index contributed by atoms with van der Waals surface area (Å²) in [7, 11) is 0. The fourth-order valence-corrected chi connectivity index (χ4v) is 2.82. The summed E-state index contributed by atoms with van der Waals surface area (Å²) in [5.74, 6) is -2.03. The Kier molecular flexibility index (Phi) is 4.73. The number of nitrogens with zero attached hydrogens (tertiary/aromatic N) is 2. The second-order valence-electron chi connectivity index (χ2n) is 4.76. The zero-order valence-electron chi connectivity index (χ0n) is 12.2. The van der Waals surface area contributed by atoms with Crippen LogP contribution in [-0.2, 0) is 6.61 Å². The molecule has 0 saturated carbocycles. The van der Waals surface area contributed by atoms with Gasteiger partial charge in [-0.15, -0.1) is 11.3 Å². The number of pyridine rings is 1. The summed E-state index contributed by atoms with van der Waals surface area (Å²) in [6.07, 6.45) is 1.26. The van der Waals surface area contributed by atoms with E-state index in [-0.39, 0.29) is 18.1 Å². The summed E-state index contributed by atoms with van der Waals surface area (Å²) in [6.45, 7) is 0.0321. The molecule has 122 valence electrons. The second-order valence-corrected chi connectivity index (χ2v) is 6.14. The highest BCUT2D eigenvalue weighted by atomic mass is 35.5. The highest BCUT2D eigenvalue weighted by Gasteiger charge is 2.15. The lowest BCUT2D eigenvalue weighted by Crippen LogP contribution is -2.14. The first-order valence-corrected chi connectivity index (χ1v) is 8.08. The first kappa shape index (κ1) is 16.4. The molecule has 0 spiro atoms. The van der Waals surface area contributed by atoms with Gasteiger partial charge in [0, 0.05) is 22.2 Å². The van der Waals surface area contributed by atoms with Gasteiger partial charge < -0.3 is 10.5 Å². The quantitative estimate of drug-likeness (QED) is 0.750. The fourth-order valence-electron chi connectivity index (χ4n) is 1.98. The van der Waals surface area contributed by atoms with Crippen LogP contribution in [0, 0.1) is 5.82 Å². The molecule has 0 unspecified atom stereocenters. The minimum absolute atomic E-state index is 0.0321. The molecule has 0 saturated heterocycles. The minimum atomic E-state index is -0.876. The van der Waals surface area contributed by atoms with E-state index in [1.165, 1.54) is 23.6 Å². The van der Waals surface area contributed by atoms with Gasteiger partial charge in [0.2, 0.25) is 0 Å². The molecular weight excluding hydrogens is 353 g/mol. The Labute approximate surface area is 145 Å². The number of benzene rings is 1. The molecule has 0 aliphatic rings. The third-order valence-electron chi connectivity index (χ3n) is 3.15. The van der Waals surface area contributed by atoms with E-state index in [4.69, 9.17) is 22.1 Å². The van der Waals surface area contributed by atoms with Crippen LogP contribution in [0.4, 0.5) is 4.39 Å². The number of thiazole rings is 1. The van der Waals surface area contributed by atoms with E-state index in [0.29, 0.717) is 10.0 Å². The molecule has 0 fully saturated rings. The Bertz CT molecular complexity index is 883. The van der Waals surface area contributed by atoms with Gasteiger partial charge in [-0.3, -0.25) is 4.79 Å². The second kappa shape index (κ2) is 6.94. The van der Waals surface area contributed by atoms with Crippen LogP contribution >= 0.6 is 22.9 Å². The normalized spacial score (nSPS) is 10.6. The van der Waals surface area contributed by atoms with Crippen LogP contribution in [0.2, 0.25) is 5.02 Å².